The number of nitrogens with one attached hydrogen (secondary N) is 3. The predicted molar refractivity (Wildman–Crippen MR) is 184 cm³/mol. The van der Waals surface area contributed by atoms with Gasteiger partial charge in [-0.2, -0.15) is 0 Å². The number of benzene rings is 1. The summed E-state index contributed by atoms with van der Waals surface area (Å²) < 4.78 is 22.7. The topological polar surface area (TPSA) is 184 Å². The molecular formula is C36H54N4O9. The van der Waals surface area contributed by atoms with E-state index in [1.807, 2.05) is 27.7 Å². The van der Waals surface area contributed by atoms with Crippen LogP contribution in [0.5, 0.6) is 5.75 Å². The van der Waals surface area contributed by atoms with Crippen LogP contribution in [0.2, 0.25) is 0 Å². The summed E-state index contributed by atoms with van der Waals surface area (Å²) in [6.45, 7) is 15.5. The fraction of sp³-hybridized carbons (Fsp3) is 0.639. The van der Waals surface area contributed by atoms with Crippen molar-refractivity contribution in [2.45, 2.75) is 105 Å². The van der Waals surface area contributed by atoms with E-state index in [0.29, 0.717) is 31.2 Å². The van der Waals surface area contributed by atoms with Gasteiger partial charge in [-0.15, -0.1) is 0 Å². The molecule has 1 aromatic carbocycles. The standard InChI is InChI=1S/C36H54N4O9/c1-33(2)16-20-47-35(5,6)14-18-38-28(41)12-13-29(42)39-19-15-36(7,8)48-21-17-34(3,4)32(45)49-27-11-10-24(22-25(37)30(43)46-9)23-26(27)40-31(33)44/h10-11,23,25H,14-22,37H2,1-9H3,(H,38,41)(H,39,42)(H,40,44)/t25-/m0/s1. The summed E-state index contributed by atoms with van der Waals surface area (Å²) in [5.74, 6) is 2.12. The van der Waals surface area contributed by atoms with Crippen LogP contribution in [-0.4, -0.2) is 80.3 Å². The number of rotatable bonds is 3. The largest absolute Gasteiger partial charge is 0.468 e. The van der Waals surface area contributed by atoms with Gasteiger partial charge in [0.05, 0.1) is 29.4 Å². The molecule has 3 amide bonds. The molecule has 1 atom stereocenters. The predicted octanol–water partition coefficient (Wildman–Crippen LogP) is 3.03. The molecule has 0 radical (unpaired) electrons. The summed E-state index contributed by atoms with van der Waals surface area (Å²) in [5, 5.41) is 8.26. The minimum Gasteiger partial charge on any atom is -0.468 e. The Hall–Kier alpha value is -3.99. The quantitative estimate of drug-likeness (QED) is 0.209. The molecule has 1 aromatic rings. The Balaban J connectivity index is 2.37. The third-order valence-corrected chi connectivity index (χ3v) is 8.38. The SMILES string of the molecule is COC(=O)[C@@H](N)Cc1ccc2c(c1)NC(=O)C(C)(C)CCOC(C)(C)CCNC(=O)C#CC(=O)NCCC(C)(C)OCCC(C)(C)C(=O)O2. The lowest BCUT2D eigenvalue weighted by molar-refractivity contribution is -0.146. The Morgan fingerprint density at radius 2 is 1.35 bits per heavy atom. The third-order valence-electron chi connectivity index (χ3n) is 8.38. The molecule has 0 fully saturated rings. The maximum atomic E-state index is 13.6. The van der Waals surface area contributed by atoms with Crippen molar-refractivity contribution in [3.05, 3.63) is 23.8 Å². The Bertz CT molecular complexity index is 1420. The molecule has 1 aliphatic rings. The van der Waals surface area contributed by atoms with Crippen LogP contribution in [0.4, 0.5) is 5.69 Å². The average Bonchev–Trinajstić information content (AvgIpc) is 2.99. The highest BCUT2D eigenvalue weighted by atomic mass is 16.5. The van der Waals surface area contributed by atoms with Crippen molar-refractivity contribution in [3.8, 4) is 17.6 Å². The van der Waals surface area contributed by atoms with E-state index in [0.717, 1.165) is 0 Å². The van der Waals surface area contributed by atoms with Crippen molar-refractivity contribution in [1.82, 2.24) is 10.6 Å². The average molecular weight is 687 g/mol. The number of carbonyl (C=O) groups excluding carboxylic acids is 5. The fourth-order valence-electron chi connectivity index (χ4n) is 4.59. The van der Waals surface area contributed by atoms with Crippen LogP contribution in [0.1, 0.15) is 86.6 Å². The molecule has 0 aromatic heterocycles. The first kappa shape index (κ1) is 41.2. The summed E-state index contributed by atoms with van der Waals surface area (Å²) in [7, 11) is 1.25. The second-order valence-electron chi connectivity index (χ2n) is 14.8. The summed E-state index contributed by atoms with van der Waals surface area (Å²) in [6, 6.07) is 3.94. The lowest BCUT2D eigenvalue weighted by atomic mass is 9.88. The zero-order chi connectivity index (χ0) is 37.0. The molecule has 0 saturated heterocycles. The molecule has 1 aliphatic heterocycles. The van der Waals surface area contributed by atoms with E-state index in [4.69, 9.17) is 24.7 Å². The highest BCUT2D eigenvalue weighted by Crippen LogP contribution is 2.33. The van der Waals surface area contributed by atoms with Gasteiger partial charge in [0, 0.05) is 43.6 Å². The molecule has 13 nitrogen and oxygen atoms in total. The third kappa shape index (κ3) is 14.2. The van der Waals surface area contributed by atoms with Gasteiger partial charge < -0.3 is 40.6 Å². The molecule has 0 unspecified atom stereocenters. The van der Waals surface area contributed by atoms with Gasteiger partial charge in [0.2, 0.25) is 5.91 Å². The number of nitrogens with two attached hydrogens (primary N) is 1. The minimum absolute atomic E-state index is 0.130. The van der Waals surface area contributed by atoms with Gasteiger partial charge in [0.1, 0.15) is 6.04 Å². The number of fused-ring (bicyclic) bond motifs is 1. The lowest BCUT2D eigenvalue weighted by Crippen LogP contribution is -2.36. The maximum absolute atomic E-state index is 13.6. The number of hydrogen-bond acceptors (Lipinski definition) is 10. The highest BCUT2D eigenvalue weighted by molar-refractivity contribution is 6.02. The first-order valence-corrected chi connectivity index (χ1v) is 16.5. The van der Waals surface area contributed by atoms with E-state index in [9.17, 15) is 24.0 Å². The Labute approximate surface area is 290 Å². The van der Waals surface area contributed by atoms with E-state index in [2.05, 4.69) is 27.8 Å². The Kier molecular flexibility index (Phi) is 14.8. The zero-order valence-electron chi connectivity index (χ0n) is 30.4. The molecule has 0 bridgehead atoms. The molecule has 0 saturated carbocycles. The van der Waals surface area contributed by atoms with Gasteiger partial charge >= 0.3 is 11.9 Å². The number of amides is 3. The van der Waals surface area contributed by atoms with Gasteiger partial charge in [0.25, 0.3) is 11.8 Å². The van der Waals surface area contributed by atoms with Crippen LogP contribution in [0.15, 0.2) is 18.2 Å². The van der Waals surface area contributed by atoms with Crippen molar-refractivity contribution in [3.63, 3.8) is 0 Å². The zero-order valence-corrected chi connectivity index (χ0v) is 30.4. The van der Waals surface area contributed by atoms with Gasteiger partial charge in [-0.3, -0.25) is 24.0 Å². The first-order valence-electron chi connectivity index (χ1n) is 16.5. The second-order valence-corrected chi connectivity index (χ2v) is 14.8. The molecular weight excluding hydrogens is 632 g/mol. The highest BCUT2D eigenvalue weighted by Gasteiger charge is 2.33. The number of esters is 2. The lowest BCUT2D eigenvalue weighted by Gasteiger charge is -2.30. The molecule has 0 spiro atoms. The van der Waals surface area contributed by atoms with Gasteiger partial charge in [-0.1, -0.05) is 19.9 Å². The molecule has 0 aliphatic carbocycles. The van der Waals surface area contributed by atoms with Crippen molar-refractivity contribution in [2.24, 2.45) is 16.6 Å². The van der Waals surface area contributed by atoms with Crippen LogP contribution in [-0.2, 0) is 44.6 Å². The van der Waals surface area contributed by atoms with Crippen LogP contribution >= 0.6 is 0 Å². The molecule has 49 heavy (non-hydrogen) atoms. The van der Waals surface area contributed by atoms with E-state index >= 15 is 0 Å². The Morgan fingerprint density at radius 3 is 1.86 bits per heavy atom. The maximum Gasteiger partial charge on any atom is 0.322 e. The van der Waals surface area contributed by atoms with Crippen LogP contribution in [0.25, 0.3) is 0 Å². The van der Waals surface area contributed by atoms with E-state index < -0.39 is 51.8 Å². The number of methoxy groups -OCH3 is 1. The smallest absolute Gasteiger partial charge is 0.322 e. The Morgan fingerprint density at radius 1 is 0.837 bits per heavy atom. The second kappa shape index (κ2) is 17.6. The number of anilines is 1. The molecule has 5 N–H and O–H groups in total. The minimum atomic E-state index is -0.970. The van der Waals surface area contributed by atoms with E-state index in [1.165, 1.54) is 7.11 Å². The van der Waals surface area contributed by atoms with Gasteiger partial charge in [0.15, 0.2) is 5.75 Å². The van der Waals surface area contributed by atoms with Crippen molar-refractivity contribution in [1.29, 1.82) is 0 Å². The summed E-state index contributed by atoms with van der Waals surface area (Å²) in [6.07, 6.45) is 1.71. The van der Waals surface area contributed by atoms with Crippen LogP contribution in [0.3, 0.4) is 0 Å². The summed E-state index contributed by atoms with van der Waals surface area (Å²) in [5.41, 5.74) is 3.72. The molecule has 2 rings (SSSR count). The summed E-state index contributed by atoms with van der Waals surface area (Å²) in [4.78, 5) is 63.4. The monoisotopic (exact) mass is 686 g/mol. The number of ether oxygens (including phenoxy) is 4. The molecule has 1 heterocycles. The number of hydrogen-bond donors (Lipinski definition) is 4. The van der Waals surface area contributed by atoms with E-state index in [-0.39, 0.29) is 50.1 Å². The van der Waals surface area contributed by atoms with Crippen molar-refractivity contribution >= 4 is 35.3 Å². The molecule has 272 valence electrons. The number of carbonyl (C=O) groups is 5. The van der Waals surface area contributed by atoms with Crippen LogP contribution < -0.4 is 26.4 Å². The fourth-order valence-corrected chi connectivity index (χ4v) is 4.59. The summed E-state index contributed by atoms with van der Waals surface area (Å²) >= 11 is 0. The molecule has 13 heteroatoms. The van der Waals surface area contributed by atoms with E-state index in [1.54, 1.807) is 45.9 Å². The van der Waals surface area contributed by atoms with Gasteiger partial charge in [-0.05, 0) is 91.3 Å². The van der Waals surface area contributed by atoms with Crippen molar-refractivity contribution < 1.29 is 42.9 Å². The van der Waals surface area contributed by atoms with Crippen LogP contribution in [0, 0.1) is 22.7 Å². The normalized spacial score (nSPS) is 21.6. The van der Waals surface area contributed by atoms with Gasteiger partial charge in [-0.25, -0.2) is 0 Å². The van der Waals surface area contributed by atoms with Crippen molar-refractivity contribution in [2.75, 3.05) is 38.7 Å². The first-order chi connectivity index (χ1) is 22.7.